The molecule has 15 heavy (non-hydrogen) atoms. The zero-order chi connectivity index (χ0) is 11.5. The predicted molar refractivity (Wildman–Crippen MR) is 63.3 cm³/mol. The molecule has 0 saturated heterocycles. The van der Waals surface area contributed by atoms with E-state index in [1.54, 1.807) is 12.1 Å². The van der Waals surface area contributed by atoms with E-state index in [2.05, 4.69) is 20.4 Å². The lowest BCUT2D eigenvalue weighted by atomic mass is 9.82. The molecule has 2 nitrogen and oxygen atoms in total. The molecule has 1 unspecified atom stereocenters. The summed E-state index contributed by atoms with van der Waals surface area (Å²) < 4.78 is 19.9. The Bertz CT molecular complexity index is 383. The third kappa shape index (κ3) is 3.01. The van der Waals surface area contributed by atoms with Crippen LogP contribution < -0.4 is 0 Å². The van der Waals surface area contributed by atoms with Gasteiger partial charge in [-0.1, -0.05) is 32.1 Å². The Labute approximate surface area is 93.3 Å². The minimum absolute atomic E-state index is 0.0445. The summed E-state index contributed by atoms with van der Waals surface area (Å²) in [5.74, 6) is 0. The van der Waals surface area contributed by atoms with Gasteiger partial charge in [-0.2, -0.15) is 0 Å². The number of hydrogen-bond donors (Lipinski definition) is 1. The van der Waals surface area contributed by atoms with Crippen molar-refractivity contribution < 1.29 is 8.76 Å². The van der Waals surface area contributed by atoms with Crippen LogP contribution in [0.2, 0.25) is 0 Å². The van der Waals surface area contributed by atoms with Crippen LogP contribution in [0, 0.1) is 0 Å². The van der Waals surface area contributed by atoms with Crippen LogP contribution in [0.15, 0.2) is 41.8 Å². The zero-order valence-electron chi connectivity index (χ0n) is 9.06. The van der Waals surface area contributed by atoms with Gasteiger partial charge in [0.05, 0.1) is 4.90 Å². The lowest BCUT2D eigenvalue weighted by Gasteiger charge is -2.23. The summed E-state index contributed by atoms with van der Waals surface area (Å²) in [6.45, 7) is 7.90. The molecular weight excluding hydrogens is 208 g/mol. The number of allylic oxidation sites excluding steroid dienone is 1. The molecule has 0 saturated carbocycles. The molecule has 1 aromatic rings. The summed E-state index contributed by atoms with van der Waals surface area (Å²) in [5, 5.41) is 0. The standard InChI is InChI=1S/C12H16O2S/c1-4-8-12(2,3)10-6-5-7-11(9-10)15(13)14/h4-7,9H,1,8H2,2-3H3,(H,13,14). The van der Waals surface area contributed by atoms with Crippen LogP contribution in [0.3, 0.4) is 0 Å². The summed E-state index contributed by atoms with van der Waals surface area (Å²) >= 11 is -1.90. The van der Waals surface area contributed by atoms with Crippen molar-refractivity contribution in [2.75, 3.05) is 0 Å². The highest BCUT2D eigenvalue weighted by Gasteiger charge is 2.19. The molecule has 1 rings (SSSR count). The van der Waals surface area contributed by atoms with Crippen LogP contribution >= 0.6 is 0 Å². The monoisotopic (exact) mass is 224 g/mol. The molecule has 3 heteroatoms. The van der Waals surface area contributed by atoms with Crippen LogP contribution in [0.1, 0.15) is 25.8 Å². The maximum Gasteiger partial charge on any atom is 0.186 e. The second kappa shape index (κ2) is 4.73. The Morgan fingerprint density at radius 2 is 2.20 bits per heavy atom. The van der Waals surface area contributed by atoms with Gasteiger partial charge < -0.3 is 4.55 Å². The van der Waals surface area contributed by atoms with Gasteiger partial charge in [0.15, 0.2) is 11.1 Å². The largest absolute Gasteiger partial charge is 0.302 e. The molecule has 82 valence electrons. The van der Waals surface area contributed by atoms with E-state index >= 15 is 0 Å². The zero-order valence-corrected chi connectivity index (χ0v) is 9.88. The molecule has 0 aliphatic rings. The van der Waals surface area contributed by atoms with Gasteiger partial charge >= 0.3 is 0 Å². The van der Waals surface area contributed by atoms with Crippen LogP contribution in [0.4, 0.5) is 0 Å². The quantitative estimate of drug-likeness (QED) is 0.630. The molecular formula is C12H16O2S. The molecule has 0 radical (unpaired) electrons. The minimum atomic E-state index is -1.90. The third-order valence-electron chi connectivity index (χ3n) is 2.47. The fraction of sp³-hybridized carbons (Fsp3) is 0.333. The van der Waals surface area contributed by atoms with Gasteiger partial charge in [-0.25, -0.2) is 4.21 Å². The molecule has 0 amide bonds. The van der Waals surface area contributed by atoms with Crippen LogP contribution in [-0.2, 0) is 16.5 Å². The Hall–Kier alpha value is -0.930. The van der Waals surface area contributed by atoms with E-state index in [0.717, 1.165) is 12.0 Å². The van der Waals surface area contributed by atoms with E-state index in [1.165, 1.54) is 0 Å². The van der Waals surface area contributed by atoms with E-state index in [-0.39, 0.29) is 5.41 Å². The molecule has 1 atom stereocenters. The lowest BCUT2D eigenvalue weighted by molar-refractivity contribution is 0.531. The first-order valence-corrected chi connectivity index (χ1v) is 5.90. The highest BCUT2D eigenvalue weighted by atomic mass is 32.2. The Balaban J connectivity index is 3.09. The first-order chi connectivity index (χ1) is 6.97. The average Bonchev–Trinajstić information content (AvgIpc) is 2.18. The summed E-state index contributed by atoms with van der Waals surface area (Å²) in [4.78, 5) is 0.449. The Kier molecular flexibility index (Phi) is 3.83. The predicted octanol–water partition coefficient (Wildman–Crippen LogP) is 3.12. The van der Waals surface area contributed by atoms with Crippen molar-refractivity contribution in [1.29, 1.82) is 0 Å². The van der Waals surface area contributed by atoms with Crippen molar-refractivity contribution in [2.45, 2.75) is 30.6 Å². The van der Waals surface area contributed by atoms with Gasteiger partial charge in [0.25, 0.3) is 0 Å². The van der Waals surface area contributed by atoms with Gasteiger partial charge in [0.1, 0.15) is 0 Å². The Morgan fingerprint density at radius 3 is 2.73 bits per heavy atom. The molecule has 0 aromatic heterocycles. The number of benzene rings is 1. The van der Waals surface area contributed by atoms with Crippen molar-refractivity contribution in [1.82, 2.24) is 0 Å². The van der Waals surface area contributed by atoms with Gasteiger partial charge in [-0.15, -0.1) is 6.58 Å². The maximum absolute atomic E-state index is 10.9. The van der Waals surface area contributed by atoms with Gasteiger partial charge in [0, 0.05) is 0 Å². The van der Waals surface area contributed by atoms with E-state index < -0.39 is 11.1 Å². The van der Waals surface area contributed by atoms with Gasteiger partial charge in [-0.05, 0) is 29.5 Å². The van der Waals surface area contributed by atoms with Gasteiger partial charge in [0.2, 0.25) is 0 Å². The van der Waals surface area contributed by atoms with Crippen molar-refractivity contribution >= 4 is 11.1 Å². The molecule has 0 heterocycles. The fourth-order valence-corrected chi connectivity index (χ4v) is 1.93. The highest BCUT2D eigenvalue weighted by Crippen LogP contribution is 2.28. The lowest BCUT2D eigenvalue weighted by Crippen LogP contribution is -2.16. The number of rotatable bonds is 4. The first-order valence-electron chi connectivity index (χ1n) is 4.79. The van der Waals surface area contributed by atoms with Gasteiger partial charge in [-0.3, -0.25) is 0 Å². The van der Waals surface area contributed by atoms with E-state index in [1.807, 2.05) is 18.2 Å². The van der Waals surface area contributed by atoms with Crippen molar-refractivity contribution in [3.8, 4) is 0 Å². The highest BCUT2D eigenvalue weighted by molar-refractivity contribution is 7.79. The van der Waals surface area contributed by atoms with Crippen molar-refractivity contribution in [3.63, 3.8) is 0 Å². The summed E-state index contributed by atoms with van der Waals surface area (Å²) in [7, 11) is 0. The summed E-state index contributed by atoms with van der Waals surface area (Å²) in [5.41, 5.74) is 1.01. The summed E-state index contributed by atoms with van der Waals surface area (Å²) in [6, 6.07) is 7.21. The van der Waals surface area contributed by atoms with E-state index in [0.29, 0.717) is 4.90 Å². The fourth-order valence-electron chi connectivity index (χ4n) is 1.50. The van der Waals surface area contributed by atoms with Crippen LogP contribution in [0.5, 0.6) is 0 Å². The molecule has 0 aliphatic heterocycles. The first kappa shape index (κ1) is 12.1. The molecule has 0 aliphatic carbocycles. The molecule has 0 spiro atoms. The van der Waals surface area contributed by atoms with Crippen molar-refractivity contribution in [3.05, 3.63) is 42.5 Å². The number of hydrogen-bond acceptors (Lipinski definition) is 1. The average molecular weight is 224 g/mol. The second-order valence-corrected chi connectivity index (χ2v) is 5.12. The van der Waals surface area contributed by atoms with E-state index in [4.69, 9.17) is 4.55 Å². The van der Waals surface area contributed by atoms with Crippen molar-refractivity contribution in [2.24, 2.45) is 0 Å². The SMILES string of the molecule is C=CCC(C)(C)c1cccc(S(=O)O)c1. The second-order valence-electron chi connectivity index (χ2n) is 4.15. The minimum Gasteiger partial charge on any atom is -0.302 e. The topological polar surface area (TPSA) is 37.3 Å². The Morgan fingerprint density at radius 1 is 1.53 bits per heavy atom. The van der Waals surface area contributed by atoms with E-state index in [9.17, 15) is 4.21 Å². The molecule has 1 N–H and O–H groups in total. The normalized spacial score (nSPS) is 13.5. The van der Waals surface area contributed by atoms with Crippen LogP contribution in [0.25, 0.3) is 0 Å². The van der Waals surface area contributed by atoms with Crippen LogP contribution in [-0.4, -0.2) is 8.76 Å². The molecule has 0 bridgehead atoms. The molecule has 0 fully saturated rings. The maximum atomic E-state index is 10.9. The summed E-state index contributed by atoms with van der Waals surface area (Å²) in [6.07, 6.45) is 2.71. The molecule has 1 aromatic carbocycles. The smallest absolute Gasteiger partial charge is 0.186 e. The third-order valence-corrected chi connectivity index (χ3v) is 3.13.